The van der Waals surface area contributed by atoms with Gasteiger partial charge in [-0.05, 0) is 49.9 Å². The van der Waals surface area contributed by atoms with Crippen LogP contribution in [0.25, 0.3) is 0 Å². The Labute approximate surface area is 105 Å². The summed E-state index contributed by atoms with van der Waals surface area (Å²) in [7, 11) is 0. The number of rotatable bonds is 4. The van der Waals surface area contributed by atoms with Crippen LogP contribution in [0.1, 0.15) is 42.5 Å². The summed E-state index contributed by atoms with van der Waals surface area (Å²) in [4.78, 5) is 11.1. The van der Waals surface area contributed by atoms with Crippen LogP contribution in [0.5, 0.6) is 5.75 Å². The summed E-state index contributed by atoms with van der Waals surface area (Å²) >= 11 is 0. The number of alkyl halides is 2. The molecule has 0 aliphatic heterocycles. The predicted molar refractivity (Wildman–Crippen MR) is 64.3 cm³/mol. The van der Waals surface area contributed by atoms with Gasteiger partial charge in [-0.2, -0.15) is 0 Å². The maximum absolute atomic E-state index is 12.2. The highest BCUT2D eigenvalue weighted by atomic mass is 19.3. The van der Waals surface area contributed by atoms with Crippen LogP contribution in [0.4, 0.5) is 8.78 Å². The molecule has 0 heterocycles. The van der Waals surface area contributed by atoms with Gasteiger partial charge in [0.2, 0.25) is 5.78 Å². The average Bonchev–Trinajstić information content (AvgIpc) is 2.40. The third kappa shape index (κ3) is 3.28. The van der Waals surface area contributed by atoms with Crippen LogP contribution in [0, 0.1) is 0 Å². The summed E-state index contributed by atoms with van der Waals surface area (Å²) < 4.78 is 30.2. The molecule has 1 aliphatic carbocycles. The molecule has 1 saturated carbocycles. The van der Waals surface area contributed by atoms with E-state index in [9.17, 15) is 13.6 Å². The fourth-order valence-corrected chi connectivity index (χ4v) is 2.20. The molecular weight excluding hydrogens is 238 g/mol. The summed E-state index contributed by atoms with van der Waals surface area (Å²) in [6.07, 6.45) is 2.95. The monoisotopic (exact) mass is 254 g/mol. The quantitative estimate of drug-likeness (QED) is 0.763. The second kappa shape index (κ2) is 5.94. The van der Waals surface area contributed by atoms with E-state index in [0.29, 0.717) is 5.75 Å². The summed E-state index contributed by atoms with van der Waals surface area (Å²) in [5.74, 6) is -0.494. The molecule has 98 valence electrons. The number of ether oxygens (including phenoxy) is 1. The van der Waals surface area contributed by atoms with E-state index in [1.165, 1.54) is 31.4 Å². The van der Waals surface area contributed by atoms with E-state index in [4.69, 9.17) is 4.74 Å². The number of Topliss-reactive ketones (excluding diaryl/α,β-unsaturated/α-hetero) is 1. The van der Waals surface area contributed by atoms with Crippen molar-refractivity contribution in [1.82, 2.24) is 0 Å². The molecule has 0 amide bonds. The van der Waals surface area contributed by atoms with Gasteiger partial charge in [0.25, 0.3) is 0 Å². The van der Waals surface area contributed by atoms with Crippen LogP contribution in [-0.4, -0.2) is 18.3 Å². The van der Waals surface area contributed by atoms with Crippen LogP contribution in [0.15, 0.2) is 24.3 Å². The molecule has 0 N–H and O–H groups in total. The molecule has 1 aliphatic rings. The smallest absolute Gasteiger partial charge is 0.300 e. The summed E-state index contributed by atoms with van der Waals surface area (Å²) in [6.45, 7) is 0. The molecule has 2 rings (SSSR count). The van der Waals surface area contributed by atoms with Crippen molar-refractivity contribution in [3.8, 4) is 5.75 Å². The highest BCUT2D eigenvalue weighted by Gasteiger charge is 2.18. The molecule has 0 aromatic heterocycles. The van der Waals surface area contributed by atoms with Crippen LogP contribution < -0.4 is 4.74 Å². The maximum atomic E-state index is 12.2. The molecule has 2 nitrogen and oxygen atoms in total. The number of carbonyl (C=O) groups is 1. The summed E-state index contributed by atoms with van der Waals surface area (Å²) in [5.41, 5.74) is 0.0287. The van der Waals surface area contributed by atoms with Crippen molar-refractivity contribution < 1.29 is 18.3 Å². The van der Waals surface area contributed by atoms with Crippen molar-refractivity contribution in [2.75, 3.05) is 0 Å². The zero-order chi connectivity index (χ0) is 13.0. The largest absolute Gasteiger partial charge is 0.490 e. The van der Waals surface area contributed by atoms with Gasteiger partial charge in [-0.25, -0.2) is 8.78 Å². The summed E-state index contributed by atoms with van der Waals surface area (Å²) in [5, 5.41) is 0. The van der Waals surface area contributed by atoms with Gasteiger partial charge in [0, 0.05) is 5.56 Å². The first kappa shape index (κ1) is 13.0. The van der Waals surface area contributed by atoms with Crippen LogP contribution in [-0.2, 0) is 0 Å². The molecule has 1 aromatic rings. The Bertz CT molecular complexity index is 395. The second-order valence-electron chi connectivity index (χ2n) is 4.57. The van der Waals surface area contributed by atoms with Gasteiger partial charge in [0.15, 0.2) is 0 Å². The fourth-order valence-electron chi connectivity index (χ4n) is 2.20. The fraction of sp³-hybridized carbons (Fsp3) is 0.500. The number of ketones is 1. The highest BCUT2D eigenvalue weighted by Crippen LogP contribution is 2.23. The predicted octanol–water partition coefficient (Wildman–Crippen LogP) is 3.85. The Kier molecular flexibility index (Phi) is 4.28. The Morgan fingerprint density at radius 2 is 1.72 bits per heavy atom. The van der Waals surface area contributed by atoms with Crippen molar-refractivity contribution in [2.24, 2.45) is 0 Å². The molecular formula is C14H16F2O2. The molecule has 1 aromatic carbocycles. The zero-order valence-corrected chi connectivity index (χ0v) is 10.1. The number of hydrogen-bond acceptors (Lipinski definition) is 2. The van der Waals surface area contributed by atoms with Crippen molar-refractivity contribution >= 4 is 5.78 Å². The van der Waals surface area contributed by atoms with Gasteiger partial charge in [-0.15, -0.1) is 0 Å². The molecule has 0 atom stereocenters. The molecule has 0 unspecified atom stereocenters. The third-order valence-electron chi connectivity index (χ3n) is 3.19. The van der Waals surface area contributed by atoms with Gasteiger partial charge in [-0.1, -0.05) is 6.42 Å². The molecule has 0 saturated heterocycles. The normalized spacial score (nSPS) is 16.8. The Morgan fingerprint density at radius 1 is 1.11 bits per heavy atom. The van der Waals surface area contributed by atoms with Gasteiger partial charge in [0.1, 0.15) is 5.75 Å². The summed E-state index contributed by atoms with van der Waals surface area (Å²) in [6, 6.07) is 5.97. The lowest BCUT2D eigenvalue weighted by Gasteiger charge is -2.23. The van der Waals surface area contributed by atoms with Gasteiger partial charge in [-0.3, -0.25) is 4.79 Å². The number of carbonyl (C=O) groups excluding carboxylic acids is 1. The molecule has 18 heavy (non-hydrogen) atoms. The van der Waals surface area contributed by atoms with E-state index >= 15 is 0 Å². The van der Waals surface area contributed by atoms with E-state index in [1.807, 2.05) is 0 Å². The first-order chi connectivity index (χ1) is 8.66. The van der Waals surface area contributed by atoms with E-state index in [0.717, 1.165) is 12.8 Å². The number of hydrogen-bond donors (Lipinski definition) is 0. The lowest BCUT2D eigenvalue weighted by atomic mass is 9.98. The topological polar surface area (TPSA) is 26.3 Å². The Balaban J connectivity index is 1.96. The first-order valence-electron chi connectivity index (χ1n) is 6.26. The molecule has 0 bridgehead atoms. The standard InChI is InChI=1S/C14H16F2O2/c15-14(16)13(17)10-6-8-12(9-7-10)18-11-4-2-1-3-5-11/h6-9,11,14H,1-5H2. The zero-order valence-electron chi connectivity index (χ0n) is 10.1. The average molecular weight is 254 g/mol. The van der Waals surface area contributed by atoms with E-state index in [-0.39, 0.29) is 11.7 Å². The molecule has 1 fully saturated rings. The minimum Gasteiger partial charge on any atom is -0.490 e. The van der Waals surface area contributed by atoms with E-state index in [2.05, 4.69) is 0 Å². The third-order valence-corrected chi connectivity index (χ3v) is 3.19. The first-order valence-corrected chi connectivity index (χ1v) is 6.26. The minimum absolute atomic E-state index is 0.0287. The Hall–Kier alpha value is -1.45. The molecule has 0 spiro atoms. The second-order valence-corrected chi connectivity index (χ2v) is 4.57. The number of halogens is 2. The SMILES string of the molecule is O=C(c1ccc(OC2CCCCC2)cc1)C(F)F. The van der Waals surface area contributed by atoms with Crippen LogP contribution in [0.2, 0.25) is 0 Å². The van der Waals surface area contributed by atoms with Gasteiger partial charge in [0.05, 0.1) is 6.10 Å². The van der Waals surface area contributed by atoms with Crippen molar-refractivity contribution in [3.05, 3.63) is 29.8 Å². The van der Waals surface area contributed by atoms with Crippen LogP contribution in [0.3, 0.4) is 0 Å². The molecule has 4 heteroatoms. The van der Waals surface area contributed by atoms with Crippen molar-refractivity contribution in [1.29, 1.82) is 0 Å². The lowest BCUT2D eigenvalue weighted by Crippen LogP contribution is -2.19. The van der Waals surface area contributed by atoms with Gasteiger partial charge >= 0.3 is 6.43 Å². The van der Waals surface area contributed by atoms with Crippen molar-refractivity contribution in [2.45, 2.75) is 44.6 Å². The Morgan fingerprint density at radius 3 is 2.28 bits per heavy atom. The van der Waals surface area contributed by atoms with Gasteiger partial charge < -0.3 is 4.74 Å². The number of benzene rings is 1. The minimum atomic E-state index is -2.95. The molecule has 0 radical (unpaired) electrons. The van der Waals surface area contributed by atoms with Crippen LogP contribution >= 0.6 is 0 Å². The van der Waals surface area contributed by atoms with E-state index in [1.54, 1.807) is 12.1 Å². The van der Waals surface area contributed by atoms with E-state index < -0.39 is 12.2 Å². The highest BCUT2D eigenvalue weighted by molar-refractivity contribution is 5.98. The van der Waals surface area contributed by atoms with Crippen molar-refractivity contribution in [3.63, 3.8) is 0 Å². The maximum Gasteiger partial charge on any atom is 0.300 e. The lowest BCUT2D eigenvalue weighted by molar-refractivity contribution is 0.0678.